The lowest BCUT2D eigenvalue weighted by Crippen LogP contribution is -2.30. The van der Waals surface area contributed by atoms with Crippen molar-refractivity contribution in [2.75, 3.05) is 21.3 Å². The zero-order chi connectivity index (χ0) is 13.9. The molecule has 0 bridgehead atoms. The minimum atomic E-state index is -0.791. The predicted molar refractivity (Wildman–Crippen MR) is 69.3 cm³/mol. The maximum Gasteiger partial charge on any atom is 0.315 e. The van der Waals surface area contributed by atoms with Crippen molar-refractivity contribution in [3.63, 3.8) is 0 Å². The molecule has 1 rings (SSSR count). The number of esters is 1. The molecule has 0 amide bonds. The third-order valence-electron chi connectivity index (χ3n) is 3.09. The Hall–Kier alpha value is -1.71. The van der Waals surface area contributed by atoms with Gasteiger partial charge in [-0.25, -0.2) is 0 Å². The Morgan fingerprint density at radius 3 is 2.06 bits per heavy atom. The van der Waals surface area contributed by atoms with Gasteiger partial charge in [-0.05, 0) is 38.5 Å². The predicted octanol–water partition coefficient (Wildman–Crippen LogP) is 2.46. The van der Waals surface area contributed by atoms with Gasteiger partial charge in [-0.2, -0.15) is 0 Å². The Labute approximate surface area is 108 Å². The minimum Gasteiger partial charge on any atom is -0.496 e. The van der Waals surface area contributed by atoms with E-state index in [2.05, 4.69) is 0 Å². The van der Waals surface area contributed by atoms with Gasteiger partial charge in [0, 0.05) is 5.56 Å². The Morgan fingerprint density at radius 2 is 1.61 bits per heavy atom. The molecular weight excluding hydrogens is 232 g/mol. The Balaban J connectivity index is 3.42. The summed E-state index contributed by atoms with van der Waals surface area (Å²) < 4.78 is 15.5. The number of benzene rings is 1. The van der Waals surface area contributed by atoms with Crippen LogP contribution in [0.25, 0.3) is 0 Å². The van der Waals surface area contributed by atoms with Crippen LogP contribution >= 0.6 is 0 Å². The first-order valence-electron chi connectivity index (χ1n) is 5.70. The number of carbonyl (C=O) groups is 1. The molecule has 0 aliphatic carbocycles. The first-order valence-corrected chi connectivity index (χ1v) is 5.70. The summed E-state index contributed by atoms with van der Waals surface area (Å²) in [4.78, 5) is 11.9. The van der Waals surface area contributed by atoms with Crippen molar-refractivity contribution in [1.29, 1.82) is 0 Å². The molecular formula is C14H20O4. The number of hydrogen-bond acceptors (Lipinski definition) is 4. The molecule has 0 atom stereocenters. The zero-order valence-electron chi connectivity index (χ0n) is 11.8. The number of aryl methyl sites for hydroxylation is 1. The molecule has 18 heavy (non-hydrogen) atoms. The normalized spacial score (nSPS) is 11.0. The molecule has 0 radical (unpaired) electrons. The van der Waals surface area contributed by atoms with E-state index < -0.39 is 5.41 Å². The van der Waals surface area contributed by atoms with Crippen LogP contribution in [-0.4, -0.2) is 27.3 Å². The van der Waals surface area contributed by atoms with Gasteiger partial charge in [0.2, 0.25) is 0 Å². The van der Waals surface area contributed by atoms with E-state index in [1.807, 2.05) is 19.1 Å². The number of methoxy groups -OCH3 is 3. The van der Waals surface area contributed by atoms with Crippen LogP contribution in [-0.2, 0) is 14.9 Å². The summed E-state index contributed by atoms with van der Waals surface area (Å²) in [5.74, 6) is 1.07. The number of hydrogen-bond donors (Lipinski definition) is 0. The summed E-state index contributed by atoms with van der Waals surface area (Å²) in [7, 11) is 4.56. The molecule has 1 aromatic rings. The fraction of sp³-hybridized carbons (Fsp3) is 0.500. The van der Waals surface area contributed by atoms with Crippen molar-refractivity contribution < 1.29 is 19.0 Å². The van der Waals surface area contributed by atoms with E-state index in [1.165, 1.54) is 7.11 Å². The summed E-state index contributed by atoms with van der Waals surface area (Å²) in [6.07, 6.45) is 0. The van der Waals surface area contributed by atoms with Crippen LogP contribution in [0.15, 0.2) is 12.1 Å². The standard InChI is InChI=1S/C14H20O4/c1-9-7-12(17-5)10(8-11(9)16-4)14(2,3)13(15)18-6/h7-8H,1-6H3. The van der Waals surface area contributed by atoms with E-state index >= 15 is 0 Å². The molecule has 1 aromatic carbocycles. The second-order valence-electron chi connectivity index (χ2n) is 4.64. The van der Waals surface area contributed by atoms with Crippen LogP contribution in [0.1, 0.15) is 25.0 Å². The van der Waals surface area contributed by atoms with Crippen molar-refractivity contribution in [3.8, 4) is 11.5 Å². The van der Waals surface area contributed by atoms with Gasteiger partial charge >= 0.3 is 5.97 Å². The molecule has 0 fully saturated rings. The molecule has 100 valence electrons. The van der Waals surface area contributed by atoms with Crippen molar-refractivity contribution in [2.24, 2.45) is 0 Å². The van der Waals surface area contributed by atoms with Crippen LogP contribution in [0.3, 0.4) is 0 Å². The van der Waals surface area contributed by atoms with E-state index in [4.69, 9.17) is 14.2 Å². The number of carbonyl (C=O) groups excluding carboxylic acids is 1. The molecule has 0 spiro atoms. The summed E-state index contributed by atoms with van der Waals surface area (Å²) in [6, 6.07) is 3.68. The number of ether oxygens (including phenoxy) is 3. The highest BCUT2D eigenvalue weighted by molar-refractivity contribution is 5.83. The van der Waals surface area contributed by atoms with Crippen molar-refractivity contribution in [2.45, 2.75) is 26.2 Å². The largest absolute Gasteiger partial charge is 0.496 e. The zero-order valence-corrected chi connectivity index (χ0v) is 11.8. The molecule has 0 saturated carbocycles. The molecule has 0 saturated heterocycles. The van der Waals surface area contributed by atoms with Gasteiger partial charge in [-0.1, -0.05) is 0 Å². The van der Waals surface area contributed by atoms with Crippen LogP contribution in [0, 0.1) is 6.92 Å². The third kappa shape index (κ3) is 2.42. The van der Waals surface area contributed by atoms with Gasteiger partial charge in [0.15, 0.2) is 0 Å². The Bertz CT molecular complexity index is 449. The van der Waals surface area contributed by atoms with E-state index in [0.717, 1.165) is 16.9 Å². The SMILES string of the molecule is COC(=O)C(C)(C)c1cc(OC)c(C)cc1OC. The Kier molecular flexibility index (Phi) is 4.22. The lowest BCUT2D eigenvalue weighted by molar-refractivity contribution is -0.146. The van der Waals surface area contributed by atoms with Crippen LogP contribution in [0.2, 0.25) is 0 Å². The lowest BCUT2D eigenvalue weighted by atomic mass is 9.83. The van der Waals surface area contributed by atoms with Gasteiger partial charge in [0.1, 0.15) is 11.5 Å². The van der Waals surface area contributed by atoms with Crippen molar-refractivity contribution in [3.05, 3.63) is 23.3 Å². The van der Waals surface area contributed by atoms with E-state index in [0.29, 0.717) is 5.75 Å². The van der Waals surface area contributed by atoms with Crippen LogP contribution < -0.4 is 9.47 Å². The third-order valence-corrected chi connectivity index (χ3v) is 3.09. The number of rotatable bonds is 4. The first kappa shape index (κ1) is 14.4. The summed E-state index contributed by atoms with van der Waals surface area (Å²) in [6.45, 7) is 5.52. The quantitative estimate of drug-likeness (QED) is 0.772. The second-order valence-corrected chi connectivity index (χ2v) is 4.64. The average Bonchev–Trinajstić information content (AvgIpc) is 2.36. The first-order chi connectivity index (χ1) is 8.38. The average molecular weight is 252 g/mol. The van der Waals surface area contributed by atoms with Gasteiger partial charge in [0.05, 0.1) is 26.7 Å². The molecule has 0 heterocycles. The minimum absolute atomic E-state index is 0.313. The van der Waals surface area contributed by atoms with Gasteiger partial charge in [-0.15, -0.1) is 0 Å². The molecule has 0 aliphatic heterocycles. The Morgan fingerprint density at radius 1 is 1.06 bits per heavy atom. The van der Waals surface area contributed by atoms with E-state index in [-0.39, 0.29) is 5.97 Å². The highest BCUT2D eigenvalue weighted by Gasteiger charge is 2.34. The molecule has 0 aliphatic rings. The fourth-order valence-corrected chi connectivity index (χ4v) is 1.90. The lowest BCUT2D eigenvalue weighted by Gasteiger charge is -2.25. The van der Waals surface area contributed by atoms with Crippen LogP contribution in [0.5, 0.6) is 11.5 Å². The maximum absolute atomic E-state index is 11.9. The molecule has 4 nitrogen and oxygen atoms in total. The second kappa shape index (κ2) is 5.29. The van der Waals surface area contributed by atoms with Crippen molar-refractivity contribution in [1.82, 2.24) is 0 Å². The molecule has 0 aromatic heterocycles. The monoisotopic (exact) mass is 252 g/mol. The molecule has 0 unspecified atom stereocenters. The maximum atomic E-state index is 11.9. The highest BCUT2D eigenvalue weighted by Crippen LogP contribution is 2.37. The summed E-state index contributed by atoms with van der Waals surface area (Å²) >= 11 is 0. The topological polar surface area (TPSA) is 44.8 Å². The van der Waals surface area contributed by atoms with E-state index in [1.54, 1.807) is 28.1 Å². The smallest absolute Gasteiger partial charge is 0.315 e. The van der Waals surface area contributed by atoms with Gasteiger partial charge < -0.3 is 14.2 Å². The van der Waals surface area contributed by atoms with Crippen molar-refractivity contribution >= 4 is 5.97 Å². The highest BCUT2D eigenvalue weighted by atomic mass is 16.5. The summed E-state index contributed by atoms with van der Waals surface area (Å²) in [5.41, 5.74) is 0.916. The fourth-order valence-electron chi connectivity index (χ4n) is 1.90. The summed E-state index contributed by atoms with van der Waals surface area (Å²) in [5, 5.41) is 0. The molecule has 0 N–H and O–H groups in total. The van der Waals surface area contributed by atoms with Gasteiger partial charge in [0.25, 0.3) is 0 Å². The van der Waals surface area contributed by atoms with E-state index in [9.17, 15) is 4.79 Å². The van der Waals surface area contributed by atoms with Gasteiger partial charge in [-0.3, -0.25) is 4.79 Å². The molecule has 4 heteroatoms. The van der Waals surface area contributed by atoms with Crippen LogP contribution in [0.4, 0.5) is 0 Å².